The highest BCUT2D eigenvalue weighted by atomic mass is 19.4. The van der Waals surface area contributed by atoms with E-state index in [9.17, 15) is 22.8 Å². The molecule has 3 rings (SSSR count). The van der Waals surface area contributed by atoms with Gasteiger partial charge in [-0.3, -0.25) is 9.36 Å². The molecule has 1 amide bonds. The molecule has 0 aliphatic rings. The molecule has 6 nitrogen and oxygen atoms in total. The lowest BCUT2D eigenvalue weighted by Gasteiger charge is -2.09. The van der Waals surface area contributed by atoms with Crippen molar-refractivity contribution in [3.8, 4) is 11.4 Å². The number of hydrogen-bond donors (Lipinski definition) is 1. The molecule has 0 atom stereocenters. The van der Waals surface area contributed by atoms with E-state index in [2.05, 4.69) is 10.4 Å². The van der Waals surface area contributed by atoms with E-state index in [1.165, 1.54) is 21.4 Å². The second kappa shape index (κ2) is 7.71. The first-order valence-corrected chi connectivity index (χ1v) is 8.42. The molecule has 28 heavy (non-hydrogen) atoms. The van der Waals surface area contributed by atoms with Crippen LogP contribution in [0.25, 0.3) is 11.4 Å². The van der Waals surface area contributed by atoms with Gasteiger partial charge in [-0.1, -0.05) is 36.4 Å². The van der Waals surface area contributed by atoms with E-state index in [1.54, 1.807) is 7.05 Å². The fourth-order valence-electron chi connectivity index (χ4n) is 2.69. The first-order chi connectivity index (χ1) is 13.3. The maximum Gasteiger partial charge on any atom is 0.416 e. The molecular formula is C19H17F3N4O2. The highest BCUT2D eigenvalue weighted by Crippen LogP contribution is 2.29. The Hall–Kier alpha value is -3.36. The number of carbonyl (C=O) groups is 1. The molecule has 0 fully saturated rings. The summed E-state index contributed by atoms with van der Waals surface area (Å²) in [6.07, 6.45) is -4.52. The predicted octanol–water partition coefficient (Wildman–Crippen LogP) is 2.70. The molecular weight excluding hydrogens is 373 g/mol. The van der Waals surface area contributed by atoms with E-state index < -0.39 is 17.6 Å². The maximum absolute atomic E-state index is 12.7. The summed E-state index contributed by atoms with van der Waals surface area (Å²) >= 11 is 0. The number of nitrogens with zero attached hydrogens (tertiary/aromatic N) is 3. The minimum atomic E-state index is -4.52. The molecule has 0 spiro atoms. The molecule has 2 aromatic carbocycles. The Kier molecular flexibility index (Phi) is 5.34. The summed E-state index contributed by atoms with van der Waals surface area (Å²) in [6, 6.07) is 13.3. The van der Waals surface area contributed by atoms with Crippen LogP contribution in [-0.2, 0) is 19.8 Å². The Morgan fingerprint density at radius 2 is 1.82 bits per heavy atom. The van der Waals surface area contributed by atoms with E-state index in [-0.39, 0.29) is 24.3 Å². The van der Waals surface area contributed by atoms with Crippen molar-refractivity contribution < 1.29 is 18.0 Å². The molecule has 9 heteroatoms. The summed E-state index contributed by atoms with van der Waals surface area (Å²) in [5, 5.41) is 6.77. The Labute approximate surface area is 158 Å². The molecule has 1 aromatic heterocycles. The van der Waals surface area contributed by atoms with Crippen LogP contribution < -0.4 is 11.0 Å². The Balaban J connectivity index is 1.67. The van der Waals surface area contributed by atoms with Gasteiger partial charge in [-0.05, 0) is 18.2 Å². The standard InChI is InChI=1S/C19H17F3N4O2/c1-25-16(13-6-3-2-4-7-13)24-26(18(25)28)11-10-23-17(27)14-8-5-9-15(12-14)19(20,21)22/h2-9,12H,10-11H2,1H3,(H,23,27). The highest BCUT2D eigenvalue weighted by Gasteiger charge is 2.30. The van der Waals surface area contributed by atoms with Crippen molar-refractivity contribution in [1.82, 2.24) is 19.7 Å². The van der Waals surface area contributed by atoms with Gasteiger partial charge in [-0.25, -0.2) is 9.48 Å². The number of alkyl halides is 3. The molecule has 1 heterocycles. The van der Waals surface area contributed by atoms with Crippen molar-refractivity contribution >= 4 is 5.91 Å². The average molecular weight is 390 g/mol. The lowest BCUT2D eigenvalue weighted by molar-refractivity contribution is -0.137. The Morgan fingerprint density at radius 3 is 2.50 bits per heavy atom. The number of halogens is 3. The zero-order valence-corrected chi connectivity index (χ0v) is 14.9. The van der Waals surface area contributed by atoms with Gasteiger partial charge in [-0.15, -0.1) is 5.10 Å². The SMILES string of the molecule is Cn1c(-c2ccccc2)nn(CCNC(=O)c2cccc(C(F)(F)F)c2)c1=O. The van der Waals surface area contributed by atoms with Crippen LogP contribution in [0, 0.1) is 0 Å². The van der Waals surface area contributed by atoms with Gasteiger partial charge in [-0.2, -0.15) is 13.2 Å². The van der Waals surface area contributed by atoms with E-state index in [4.69, 9.17) is 0 Å². The quantitative estimate of drug-likeness (QED) is 0.728. The fraction of sp³-hybridized carbons (Fsp3) is 0.211. The predicted molar refractivity (Wildman–Crippen MR) is 96.7 cm³/mol. The van der Waals surface area contributed by atoms with Crippen LogP contribution >= 0.6 is 0 Å². The third-order valence-electron chi connectivity index (χ3n) is 4.13. The molecule has 0 unspecified atom stereocenters. The molecule has 0 bridgehead atoms. The van der Waals surface area contributed by atoms with E-state index in [0.29, 0.717) is 5.82 Å². The highest BCUT2D eigenvalue weighted by molar-refractivity contribution is 5.94. The number of nitrogens with one attached hydrogen (secondary N) is 1. The lowest BCUT2D eigenvalue weighted by Crippen LogP contribution is -2.31. The largest absolute Gasteiger partial charge is 0.416 e. The third-order valence-corrected chi connectivity index (χ3v) is 4.13. The summed E-state index contributed by atoms with van der Waals surface area (Å²) in [5.41, 5.74) is -0.581. The fourth-order valence-corrected chi connectivity index (χ4v) is 2.69. The number of carbonyl (C=O) groups excluding carboxylic acids is 1. The van der Waals surface area contributed by atoms with Crippen LogP contribution in [0.5, 0.6) is 0 Å². The van der Waals surface area contributed by atoms with Crippen LogP contribution in [0.15, 0.2) is 59.4 Å². The van der Waals surface area contributed by atoms with Crippen LogP contribution in [0.2, 0.25) is 0 Å². The van der Waals surface area contributed by atoms with E-state index >= 15 is 0 Å². The van der Waals surface area contributed by atoms with Gasteiger partial charge in [0.2, 0.25) is 0 Å². The van der Waals surface area contributed by atoms with Crippen LogP contribution in [0.4, 0.5) is 13.2 Å². The second-order valence-electron chi connectivity index (χ2n) is 6.09. The second-order valence-corrected chi connectivity index (χ2v) is 6.09. The molecule has 0 aliphatic heterocycles. The van der Waals surface area contributed by atoms with Crippen LogP contribution in [0.3, 0.4) is 0 Å². The summed E-state index contributed by atoms with van der Waals surface area (Å²) in [5.74, 6) is -0.173. The maximum atomic E-state index is 12.7. The van der Waals surface area contributed by atoms with Gasteiger partial charge in [0.25, 0.3) is 5.91 Å². The Bertz CT molecular complexity index is 1040. The van der Waals surface area contributed by atoms with Gasteiger partial charge in [0.05, 0.1) is 12.1 Å². The molecule has 146 valence electrons. The molecule has 1 N–H and O–H groups in total. The summed E-state index contributed by atoms with van der Waals surface area (Å²) in [7, 11) is 1.59. The zero-order valence-electron chi connectivity index (χ0n) is 14.9. The van der Waals surface area contributed by atoms with Gasteiger partial charge in [0.15, 0.2) is 5.82 Å². The summed E-state index contributed by atoms with van der Waals surface area (Å²) in [4.78, 5) is 24.4. The number of rotatable bonds is 5. The smallest absolute Gasteiger partial charge is 0.350 e. The molecule has 0 radical (unpaired) electrons. The van der Waals surface area contributed by atoms with E-state index in [0.717, 1.165) is 17.7 Å². The van der Waals surface area contributed by atoms with Gasteiger partial charge in [0.1, 0.15) is 0 Å². The van der Waals surface area contributed by atoms with Crippen LogP contribution in [-0.4, -0.2) is 26.8 Å². The minimum absolute atomic E-state index is 0.0419. The molecule has 3 aromatic rings. The van der Waals surface area contributed by atoms with Crippen molar-refractivity contribution in [3.05, 3.63) is 76.2 Å². The topological polar surface area (TPSA) is 68.9 Å². The molecule has 0 saturated heterocycles. The zero-order chi connectivity index (χ0) is 20.3. The third kappa shape index (κ3) is 4.13. The average Bonchev–Trinajstić information content (AvgIpc) is 2.96. The van der Waals surface area contributed by atoms with Crippen molar-refractivity contribution in [3.63, 3.8) is 0 Å². The molecule has 0 aliphatic carbocycles. The number of amides is 1. The number of aromatic nitrogens is 3. The monoisotopic (exact) mass is 390 g/mol. The summed E-state index contributed by atoms with van der Waals surface area (Å²) in [6.45, 7) is 0.129. The van der Waals surface area contributed by atoms with Crippen molar-refractivity contribution in [2.45, 2.75) is 12.7 Å². The minimum Gasteiger partial charge on any atom is -0.350 e. The van der Waals surface area contributed by atoms with Gasteiger partial charge < -0.3 is 5.32 Å². The number of benzene rings is 2. The first kappa shape index (κ1) is 19.4. The van der Waals surface area contributed by atoms with Crippen molar-refractivity contribution in [2.24, 2.45) is 7.05 Å². The van der Waals surface area contributed by atoms with Crippen molar-refractivity contribution in [2.75, 3.05) is 6.54 Å². The van der Waals surface area contributed by atoms with Crippen LogP contribution in [0.1, 0.15) is 15.9 Å². The van der Waals surface area contributed by atoms with Crippen molar-refractivity contribution in [1.29, 1.82) is 0 Å². The first-order valence-electron chi connectivity index (χ1n) is 8.42. The Morgan fingerprint density at radius 1 is 1.11 bits per heavy atom. The van der Waals surface area contributed by atoms with Gasteiger partial charge >= 0.3 is 11.9 Å². The molecule has 0 saturated carbocycles. The summed E-state index contributed by atoms with van der Waals surface area (Å²) < 4.78 is 40.8. The lowest BCUT2D eigenvalue weighted by atomic mass is 10.1. The number of hydrogen-bond acceptors (Lipinski definition) is 3. The normalized spacial score (nSPS) is 11.4. The van der Waals surface area contributed by atoms with E-state index in [1.807, 2.05) is 30.3 Å². The van der Waals surface area contributed by atoms with Gasteiger partial charge in [0, 0.05) is 24.7 Å².